The fraction of sp³-hybridized carbons (Fsp3) is 0.250. The van der Waals surface area contributed by atoms with Gasteiger partial charge in [-0.05, 0) is 18.6 Å². The van der Waals surface area contributed by atoms with Crippen molar-refractivity contribution in [3.63, 3.8) is 0 Å². The van der Waals surface area contributed by atoms with Crippen molar-refractivity contribution in [2.75, 3.05) is 0 Å². The van der Waals surface area contributed by atoms with Crippen molar-refractivity contribution in [1.82, 2.24) is 0 Å². The first-order chi connectivity index (χ1) is 4.57. The van der Waals surface area contributed by atoms with Gasteiger partial charge < -0.3 is 5.73 Å². The summed E-state index contributed by atoms with van der Waals surface area (Å²) in [5.41, 5.74) is 6.58. The monoisotopic (exact) mass is 201 g/mol. The van der Waals surface area contributed by atoms with Crippen LogP contribution in [0.4, 0.5) is 0 Å². The third kappa shape index (κ3) is 3.64. The molecule has 0 aromatic heterocycles. The molecule has 10 heavy (non-hydrogen) atoms. The molecule has 0 spiro atoms. The largest absolute Gasteiger partial charge is 0.324 e. The summed E-state index contributed by atoms with van der Waals surface area (Å²) in [4.78, 5) is 0. The predicted molar refractivity (Wildman–Crippen MR) is 50.0 cm³/mol. The average Bonchev–Trinajstić information content (AvgIpc) is 1.81. The van der Waals surface area contributed by atoms with Gasteiger partial charge in [0.25, 0.3) is 0 Å². The second-order valence-electron chi connectivity index (χ2n) is 2.08. The molecule has 0 aliphatic heterocycles. The average molecular weight is 202 g/mol. The molecule has 2 heteroatoms. The second-order valence-corrected chi connectivity index (χ2v) is 3.10. The van der Waals surface area contributed by atoms with Gasteiger partial charge >= 0.3 is 0 Å². The smallest absolute Gasteiger partial charge is 0.0266 e. The fourth-order valence-electron chi connectivity index (χ4n) is 0.557. The molecule has 0 aliphatic rings. The van der Waals surface area contributed by atoms with E-state index in [1.807, 2.05) is 13.0 Å². The summed E-state index contributed by atoms with van der Waals surface area (Å²) < 4.78 is 0.819. The van der Waals surface area contributed by atoms with Gasteiger partial charge in [0.2, 0.25) is 0 Å². The Balaban J connectivity index is 4.33. The summed E-state index contributed by atoms with van der Waals surface area (Å²) in [7, 11) is 0. The van der Waals surface area contributed by atoms with Crippen molar-refractivity contribution >= 4 is 15.9 Å². The number of hydrogen-bond acceptors (Lipinski definition) is 1. The molecule has 1 nitrogen and oxygen atoms in total. The second kappa shape index (κ2) is 4.47. The third-order valence-corrected chi connectivity index (χ3v) is 1.31. The van der Waals surface area contributed by atoms with Crippen LogP contribution in [0.15, 0.2) is 35.4 Å². The van der Waals surface area contributed by atoms with E-state index in [1.165, 1.54) is 0 Å². The summed E-state index contributed by atoms with van der Waals surface area (Å²) >= 11 is 3.21. The van der Waals surface area contributed by atoms with Crippen LogP contribution in [0.2, 0.25) is 0 Å². The van der Waals surface area contributed by atoms with Gasteiger partial charge in [-0.15, -0.1) is 0 Å². The van der Waals surface area contributed by atoms with E-state index >= 15 is 0 Å². The Hall–Kier alpha value is -0.340. The van der Waals surface area contributed by atoms with Crippen LogP contribution in [-0.4, -0.2) is 6.04 Å². The van der Waals surface area contributed by atoms with Crippen LogP contribution in [0, 0.1) is 0 Å². The lowest BCUT2D eigenvalue weighted by molar-refractivity contribution is 0.886. The molecule has 56 valence electrons. The normalized spacial score (nSPS) is 14.5. The Bertz CT molecular complexity index is 168. The first-order valence-corrected chi connectivity index (χ1v) is 3.81. The van der Waals surface area contributed by atoms with Crippen LogP contribution in [0.1, 0.15) is 6.92 Å². The van der Waals surface area contributed by atoms with Crippen molar-refractivity contribution in [2.24, 2.45) is 5.73 Å². The fourth-order valence-corrected chi connectivity index (χ4v) is 0.821. The molecule has 2 N–H and O–H groups in total. The van der Waals surface area contributed by atoms with Crippen molar-refractivity contribution in [3.05, 3.63) is 35.4 Å². The number of allylic oxidation sites excluding steroid dienone is 2. The Morgan fingerprint density at radius 1 is 1.70 bits per heavy atom. The molecule has 1 atom stereocenters. The molecule has 0 fully saturated rings. The zero-order valence-corrected chi connectivity index (χ0v) is 7.69. The molecular weight excluding hydrogens is 190 g/mol. The predicted octanol–water partition coefficient (Wildman–Crippen LogP) is 2.35. The maximum atomic E-state index is 5.59. The molecule has 0 aliphatic carbocycles. The Kier molecular flexibility index (Phi) is 4.32. The van der Waals surface area contributed by atoms with Gasteiger partial charge in [-0.2, -0.15) is 0 Å². The molecule has 0 radical (unpaired) electrons. The number of halogens is 1. The molecule has 0 bridgehead atoms. The maximum absolute atomic E-state index is 5.59. The zero-order valence-electron chi connectivity index (χ0n) is 6.10. The van der Waals surface area contributed by atoms with Gasteiger partial charge in [-0.25, -0.2) is 0 Å². The van der Waals surface area contributed by atoms with E-state index in [-0.39, 0.29) is 6.04 Å². The minimum absolute atomic E-state index is 0.0202. The first-order valence-electron chi connectivity index (χ1n) is 3.02. The molecule has 0 aromatic rings. The van der Waals surface area contributed by atoms with E-state index in [2.05, 4.69) is 29.1 Å². The molecule has 0 heterocycles. The van der Waals surface area contributed by atoms with Crippen LogP contribution in [-0.2, 0) is 0 Å². The van der Waals surface area contributed by atoms with E-state index in [4.69, 9.17) is 5.73 Å². The molecule has 0 saturated carbocycles. The van der Waals surface area contributed by atoms with E-state index < -0.39 is 0 Å². The maximum Gasteiger partial charge on any atom is 0.0266 e. The lowest BCUT2D eigenvalue weighted by Crippen LogP contribution is -2.16. The van der Waals surface area contributed by atoms with Gasteiger partial charge in [-0.1, -0.05) is 35.2 Å². The highest BCUT2D eigenvalue weighted by molar-refractivity contribution is 9.11. The summed E-state index contributed by atoms with van der Waals surface area (Å²) in [5, 5.41) is 0. The quantitative estimate of drug-likeness (QED) is 0.698. The Morgan fingerprint density at radius 3 is 2.30 bits per heavy atom. The van der Waals surface area contributed by atoms with Crippen LogP contribution >= 0.6 is 15.9 Å². The zero-order chi connectivity index (χ0) is 8.15. The first kappa shape index (κ1) is 9.66. The van der Waals surface area contributed by atoms with Crippen LogP contribution in [0.5, 0.6) is 0 Å². The Labute approximate surface area is 70.4 Å². The SMILES string of the molecule is C=C/C(=C\C(=C)Br)C(C)N. The van der Waals surface area contributed by atoms with Crippen molar-refractivity contribution in [2.45, 2.75) is 13.0 Å². The number of nitrogens with two attached hydrogens (primary N) is 1. The molecular formula is C8H12BrN. The highest BCUT2D eigenvalue weighted by Gasteiger charge is 1.96. The van der Waals surface area contributed by atoms with Gasteiger partial charge in [0.15, 0.2) is 0 Å². The minimum atomic E-state index is 0.0202. The van der Waals surface area contributed by atoms with Crippen LogP contribution < -0.4 is 5.73 Å². The Morgan fingerprint density at radius 2 is 2.20 bits per heavy atom. The highest BCUT2D eigenvalue weighted by Crippen LogP contribution is 2.09. The van der Waals surface area contributed by atoms with E-state index in [9.17, 15) is 0 Å². The molecule has 1 unspecified atom stereocenters. The minimum Gasteiger partial charge on any atom is -0.324 e. The van der Waals surface area contributed by atoms with Crippen molar-refractivity contribution in [3.8, 4) is 0 Å². The summed E-state index contributed by atoms with van der Waals surface area (Å²) in [5.74, 6) is 0. The topological polar surface area (TPSA) is 26.0 Å². The molecule has 0 rings (SSSR count). The van der Waals surface area contributed by atoms with Gasteiger partial charge in [0, 0.05) is 10.5 Å². The summed E-state index contributed by atoms with van der Waals surface area (Å²) in [6.45, 7) is 9.19. The standard InChI is InChI=1S/C8H12BrN/c1-4-8(7(3)10)5-6(2)9/h4-5,7H,1-2,10H2,3H3/b8-5+. The van der Waals surface area contributed by atoms with Crippen molar-refractivity contribution < 1.29 is 0 Å². The van der Waals surface area contributed by atoms with Crippen LogP contribution in [0.25, 0.3) is 0 Å². The van der Waals surface area contributed by atoms with E-state index in [0.29, 0.717) is 0 Å². The van der Waals surface area contributed by atoms with Crippen molar-refractivity contribution in [1.29, 1.82) is 0 Å². The van der Waals surface area contributed by atoms with Gasteiger partial charge in [-0.3, -0.25) is 0 Å². The summed E-state index contributed by atoms with van der Waals surface area (Å²) in [6.07, 6.45) is 3.59. The molecule has 0 aromatic carbocycles. The number of hydrogen-bond donors (Lipinski definition) is 1. The van der Waals surface area contributed by atoms with Crippen LogP contribution in [0.3, 0.4) is 0 Å². The third-order valence-electron chi connectivity index (χ3n) is 1.08. The summed E-state index contributed by atoms with van der Waals surface area (Å²) in [6, 6.07) is 0.0202. The van der Waals surface area contributed by atoms with E-state index in [1.54, 1.807) is 6.08 Å². The van der Waals surface area contributed by atoms with E-state index in [0.717, 1.165) is 10.1 Å². The lowest BCUT2D eigenvalue weighted by atomic mass is 10.1. The molecule has 0 amide bonds. The van der Waals surface area contributed by atoms with Gasteiger partial charge in [0.1, 0.15) is 0 Å². The lowest BCUT2D eigenvalue weighted by Gasteiger charge is -2.04. The number of rotatable bonds is 3. The molecule has 0 saturated heterocycles. The highest BCUT2D eigenvalue weighted by atomic mass is 79.9. The van der Waals surface area contributed by atoms with Gasteiger partial charge in [0.05, 0.1) is 0 Å².